The van der Waals surface area contributed by atoms with Crippen LogP contribution in [0.25, 0.3) is 0 Å². The van der Waals surface area contributed by atoms with Gasteiger partial charge in [0.1, 0.15) is 34.6 Å². The van der Waals surface area contributed by atoms with Crippen LogP contribution in [0.2, 0.25) is 0 Å². The van der Waals surface area contributed by atoms with Gasteiger partial charge in [0, 0.05) is 12.1 Å². The van der Waals surface area contributed by atoms with Crippen molar-refractivity contribution in [1.29, 1.82) is 0 Å². The molecule has 0 saturated carbocycles. The highest BCUT2D eigenvalue weighted by molar-refractivity contribution is 6.03. The van der Waals surface area contributed by atoms with E-state index in [1.807, 2.05) is 50.2 Å². The summed E-state index contributed by atoms with van der Waals surface area (Å²) >= 11 is 0. The Kier molecular flexibility index (Phi) is 9.66. The summed E-state index contributed by atoms with van der Waals surface area (Å²) in [6, 6.07) is 24.2. The number of hydrogen-bond acceptors (Lipinski definition) is 6. The van der Waals surface area contributed by atoms with E-state index in [9.17, 15) is 17.6 Å². The fraction of sp³-hybridized carbons (Fsp3) is 0.111. The normalized spacial score (nSPS) is 12.9. The fourth-order valence-electron chi connectivity index (χ4n) is 4.40. The minimum atomic E-state index is -0.623. The molecule has 2 aromatic heterocycles. The number of nitrogens with zero attached hydrogens (tertiary/aromatic N) is 6. The van der Waals surface area contributed by atoms with Crippen LogP contribution >= 0.6 is 0 Å². The summed E-state index contributed by atoms with van der Waals surface area (Å²) in [5.41, 5.74) is 5.56. The summed E-state index contributed by atoms with van der Waals surface area (Å²) in [4.78, 5) is 27.0. The monoisotopic (exact) mass is 620 g/mol. The molecule has 5 aromatic rings. The summed E-state index contributed by atoms with van der Waals surface area (Å²) < 4.78 is 55.3. The Morgan fingerprint density at radius 3 is 1.11 bits per heavy atom. The lowest BCUT2D eigenvalue weighted by Crippen LogP contribution is -2.05. The standard InChI is InChI=1S/C36H28F4N6/c1-21(31-7-5-9-33(45-31)23(3)43-35-19-25(37)11-17-29(35)39)41-27-13-15-28(16-14-27)42-22(2)32-8-6-10-34(46-32)24(4)44-36-20-26(38)12-18-30(36)40/h5-20H,1-4H3/b41-21+,42-22+,43-23+,44-24+. The lowest BCUT2D eigenvalue weighted by atomic mass is 10.2. The van der Waals surface area contributed by atoms with Crippen molar-refractivity contribution in [1.82, 2.24) is 9.97 Å². The first-order valence-corrected chi connectivity index (χ1v) is 14.2. The molecule has 0 fully saturated rings. The molecule has 0 radical (unpaired) electrons. The maximum Gasteiger partial charge on any atom is 0.149 e. The SMILES string of the molecule is C/C(=N\c1ccc(/N=C(\C)c2cccc(/C(C)=N/c3cc(F)ccc3F)n2)cc1)c1cccc(/C(C)=N/c2cc(F)ccc2F)n1. The van der Waals surface area contributed by atoms with Gasteiger partial charge in [-0.3, -0.25) is 9.98 Å². The van der Waals surface area contributed by atoms with Crippen molar-refractivity contribution in [3.05, 3.63) is 143 Å². The largest absolute Gasteiger partial charge is 0.252 e. The first-order valence-electron chi connectivity index (χ1n) is 14.2. The van der Waals surface area contributed by atoms with Crippen molar-refractivity contribution in [2.45, 2.75) is 27.7 Å². The molecule has 0 saturated heterocycles. The molecule has 10 heteroatoms. The quantitative estimate of drug-likeness (QED) is 0.128. The second-order valence-electron chi connectivity index (χ2n) is 10.3. The van der Waals surface area contributed by atoms with Gasteiger partial charge in [0.25, 0.3) is 0 Å². The molecular weight excluding hydrogens is 592 g/mol. The van der Waals surface area contributed by atoms with E-state index in [4.69, 9.17) is 0 Å². The molecule has 0 unspecified atom stereocenters. The van der Waals surface area contributed by atoms with Crippen LogP contribution in [0, 0.1) is 23.3 Å². The average molecular weight is 621 g/mol. The number of halogens is 4. The van der Waals surface area contributed by atoms with E-state index in [-0.39, 0.29) is 11.4 Å². The van der Waals surface area contributed by atoms with Crippen molar-refractivity contribution in [3.8, 4) is 0 Å². The van der Waals surface area contributed by atoms with E-state index in [1.165, 1.54) is 0 Å². The van der Waals surface area contributed by atoms with Crippen molar-refractivity contribution in [2.75, 3.05) is 0 Å². The fourth-order valence-corrected chi connectivity index (χ4v) is 4.40. The second-order valence-corrected chi connectivity index (χ2v) is 10.3. The van der Waals surface area contributed by atoms with E-state index in [0.29, 0.717) is 57.0 Å². The Morgan fingerprint density at radius 1 is 0.435 bits per heavy atom. The van der Waals surface area contributed by atoms with Gasteiger partial charge in [-0.1, -0.05) is 12.1 Å². The van der Waals surface area contributed by atoms with Crippen LogP contribution < -0.4 is 0 Å². The first kappa shape index (κ1) is 31.8. The lowest BCUT2D eigenvalue weighted by Gasteiger charge is -2.06. The van der Waals surface area contributed by atoms with E-state index in [1.54, 1.807) is 38.1 Å². The number of aliphatic imine (C=N–C) groups is 4. The van der Waals surface area contributed by atoms with E-state index in [0.717, 1.165) is 36.4 Å². The van der Waals surface area contributed by atoms with Crippen molar-refractivity contribution in [3.63, 3.8) is 0 Å². The third-order valence-electron chi connectivity index (χ3n) is 6.82. The number of hydrogen-bond donors (Lipinski definition) is 0. The Bertz CT molecular complexity index is 1890. The maximum absolute atomic E-state index is 14.1. The molecule has 0 aliphatic rings. The summed E-state index contributed by atoms with van der Waals surface area (Å²) in [6.45, 7) is 7.01. The number of pyridine rings is 2. The highest BCUT2D eigenvalue weighted by Crippen LogP contribution is 2.23. The topological polar surface area (TPSA) is 75.2 Å². The molecule has 5 rings (SSSR count). The summed E-state index contributed by atoms with van der Waals surface area (Å²) in [7, 11) is 0. The van der Waals surface area contributed by atoms with E-state index >= 15 is 0 Å². The van der Waals surface area contributed by atoms with Crippen molar-refractivity contribution >= 4 is 45.6 Å². The number of benzene rings is 3. The predicted molar refractivity (Wildman–Crippen MR) is 175 cm³/mol. The predicted octanol–water partition coefficient (Wildman–Crippen LogP) is 9.60. The van der Waals surface area contributed by atoms with Crippen LogP contribution in [-0.4, -0.2) is 32.8 Å². The Labute approximate surface area is 263 Å². The summed E-state index contributed by atoms with van der Waals surface area (Å²) in [5.74, 6) is -2.40. The molecule has 3 aromatic carbocycles. The Hall–Kier alpha value is -5.64. The highest BCUT2D eigenvalue weighted by Gasteiger charge is 2.10. The third-order valence-corrected chi connectivity index (χ3v) is 6.82. The molecule has 0 aliphatic carbocycles. The van der Waals surface area contributed by atoms with Crippen LogP contribution in [0.15, 0.2) is 117 Å². The van der Waals surface area contributed by atoms with Crippen LogP contribution in [0.3, 0.4) is 0 Å². The zero-order chi connectivity index (χ0) is 32.8. The molecule has 6 nitrogen and oxygen atoms in total. The molecule has 0 N–H and O–H groups in total. The third kappa shape index (κ3) is 7.89. The zero-order valence-electron chi connectivity index (χ0n) is 25.4. The van der Waals surface area contributed by atoms with Crippen LogP contribution in [0.5, 0.6) is 0 Å². The average Bonchev–Trinajstić information content (AvgIpc) is 3.05. The highest BCUT2D eigenvalue weighted by atomic mass is 19.1. The number of rotatable bonds is 8. The van der Waals surface area contributed by atoms with Gasteiger partial charge >= 0.3 is 0 Å². The molecule has 230 valence electrons. The van der Waals surface area contributed by atoms with Crippen LogP contribution in [0.4, 0.5) is 40.3 Å². The maximum atomic E-state index is 14.1. The smallest absolute Gasteiger partial charge is 0.149 e. The van der Waals surface area contributed by atoms with Crippen molar-refractivity contribution in [2.24, 2.45) is 20.0 Å². The van der Waals surface area contributed by atoms with Gasteiger partial charge in [-0.2, -0.15) is 0 Å². The number of aromatic nitrogens is 2. The Morgan fingerprint density at radius 2 is 0.761 bits per heavy atom. The molecule has 0 amide bonds. The van der Waals surface area contributed by atoms with Gasteiger partial charge in [0.05, 0.1) is 57.0 Å². The zero-order valence-corrected chi connectivity index (χ0v) is 25.4. The van der Waals surface area contributed by atoms with Crippen molar-refractivity contribution < 1.29 is 17.6 Å². The van der Waals surface area contributed by atoms with Crippen LogP contribution in [0.1, 0.15) is 50.5 Å². The summed E-state index contributed by atoms with van der Waals surface area (Å²) in [5, 5.41) is 0. The minimum absolute atomic E-state index is 0.0990. The minimum Gasteiger partial charge on any atom is -0.252 e. The van der Waals surface area contributed by atoms with Crippen LogP contribution in [-0.2, 0) is 0 Å². The van der Waals surface area contributed by atoms with Gasteiger partial charge in [-0.05, 0) is 100 Å². The lowest BCUT2D eigenvalue weighted by molar-refractivity contribution is 0.602. The summed E-state index contributed by atoms with van der Waals surface area (Å²) in [6.07, 6.45) is 0. The molecule has 0 bridgehead atoms. The molecule has 0 atom stereocenters. The first-order chi connectivity index (χ1) is 22.0. The van der Waals surface area contributed by atoms with Gasteiger partial charge in [0.2, 0.25) is 0 Å². The van der Waals surface area contributed by atoms with E-state index in [2.05, 4.69) is 29.9 Å². The van der Waals surface area contributed by atoms with Gasteiger partial charge in [-0.15, -0.1) is 0 Å². The van der Waals surface area contributed by atoms with E-state index < -0.39 is 23.3 Å². The molecule has 46 heavy (non-hydrogen) atoms. The van der Waals surface area contributed by atoms with Gasteiger partial charge in [-0.25, -0.2) is 37.5 Å². The Balaban J connectivity index is 1.31. The van der Waals surface area contributed by atoms with Gasteiger partial charge in [0.15, 0.2) is 0 Å². The molecule has 0 aliphatic heterocycles. The molecule has 0 spiro atoms. The second kappa shape index (κ2) is 14.0. The molecule has 2 heterocycles. The van der Waals surface area contributed by atoms with Gasteiger partial charge < -0.3 is 0 Å². The molecular formula is C36H28F4N6.